The fourth-order valence-corrected chi connectivity index (χ4v) is 12.4. The average molecular weight is 1090 g/mol. The number of rotatable bonds is 19. The van der Waals surface area contributed by atoms with Crippen molar-refractivity contribution in [3.63, 3.8) is 0 Å². The van der Waals surface area contributed by atoms with E-state index in [4.69, 9.17) is 16.1 Å². The third-order valence-corrected chi connectivity index (χ3v) is 16.8. The number of fused-ring (bicyclic) bond motifs is 4. The summed E-state index contributed by atoms with van der Waals surface area (Å²) < 4.78 is 38.2. The number of β-amino-alcohol motifs (C(OH)–C–C–N with tert-alkyl or cyclic N) is 1. The Morgan fingerprint density at radius 3 is 2.44 bits per heavy atom. The van der Waals surface area contributed by atoms with Gasteiger partial charge in [0.25, 0.3) is 0 Å². The minimum Gasteiger partial charge on any atom is -0.508 e. The number of piperazine rings is 1. The number of anilines is 1. The van der Waals surface area contributed by atoms with Crippen LogP contribution in [0.2, 0.25) is 0 Å². The molecule has 80 heavy (non-hydrogen) atoms. The molecule has 2 bridgehead atoms. The van der Waals surface area contributed by atoms with Gasteiger partial charge in [-0.25, -0.2) is 8.78 Å². The molecule has 5 aliphatic heterocycles. The molecule has 0 saturated carbocycles. The number of phenolic OH excluding ortho intramolecular Hbond substituents is 1. The zero-order valence-corrected chi connectivity index (χ0v) is 46.4. The Balaban J connectivity index is 0.675. The van der Waals surface area contributed by atoms with Crippen molar-refractivity contribution in [2.45, 2.75) is 142 Å². The summed E-state index contributed by atoms with van der Waals surface area (Å²) in [7, 11) is 0. The minimum atomic E-state index is -0.871. The number of ether oxygens (including phenoxy) is 1. The van der Waals surface area contributed by atoms with Crippen molar-refractivity contribution >= 4 is 57.0 Å². The number of aliphatic hydroxyl groups is 1. The molecule has 5 aliphatic rings. The molecule has 16 nitrogen and oxygen atoms in total. The second kappa shape index (κ2) is 24.3. The Hall–Kier alpha value is -7.07. The number of unbranched alkanes of at least 4 members (excludes halogenated alkanes) is 2. The largest absolute Gasteiger partial charge is 0.508 e. The maximum absolute atomic E-state index is 17.0. The highest BCUT2D eigenvalue weighted by Crippen LogP contribution is 2.40. The first-order valence-corrected chi connectivity index (χ1v) is 28.5. The Kier molecular flexibility index (Phi) is 17.1. The number of aliphatic hydroxyl groups excluding tert-OH is 1. The van der Waals surface area contributed by atoms with Gasteiger partial charge in [0.1, 0.15) is 40.7 Å². The van der Waals surface area contributed by atoms with Gasteiger partial charge in [-0.3, -0.25) is 24.4 Å². The van der Waals surface area contributed by atoms with Crippen LogP contribution in [0, 0.1) is 35.3 Å². The first-order chi connectivity index (χ1) is 38.5. The lowest BCUT2D eigenvalue weighted by Gasteiger charge is -2.35. The third kappa shape index (κ3) is 12.6. The maximum Gasteiger partial charge on any atom is 0.319 e. The Labute approximate surface area is 466 Å². The van der Waals surface area contributed by atoms with E-state index in [0.717, 1.165) is 87.8 Å². The summed E-state index contributed by atoms with van der Waals surface area (Å²) in [6.45, 7) is 12.4. The van der Waals surface area contributed by atoms with Gasteiger partial charge in [0.2, 0.25) is 17.7 Å². The summed E-state index contributed by atoms with van der Waals surface area (Å²) in [4.78, 5) is 65.5. The zero-order valence-electron chi connectivity index (χ0n) is 46.4. The summed E-state index contributed by atoms with van der Waals surface area (Å²) in [5.74, 6) is 1.08. The van der Waals surface area contributed by atoms with Crippen LogP contribution in [0.4, 0.5) is 14.6 Å². The number of nitrogens with one attached hydrogen (secondary N) is 3. The molecule has 7 heterocycles. The zero-order chi connectivity index (χ0) is 56.2. The number of nitrogens with zero attached hydrogens (tertiary/aromatic N) is 7. The number of hydrogen-bond acceptors (Lipinski definition) is 13. The molecule has 4 saturated heterocycles. The summed E-state index contributed by atoms with van der Waals surface area (Å²) in [6.07, 6.45) is 18.2. The van der Waals surface area contributed by atoms with Crippen LogP contribution < -0.4 is 25.6 Å². The molecule has 2 aromatic heterocycles. The monoisotopic (exact) mass is 1090 g/mol. The van der Waals surface area contributed by atoms with Crippen LogP contribution in [-0.4, -0.2) is 135 Å². The van der Waals surface area contributed by atoms with Gasteiger partial charge in [-0.05, 0) is 110 Å². The number of hydrogen-bond donors (Lipinski definition) is 5. The van der Waals surface area contributed by atoms with E-state index in [1.54, 1.807) is 0 Å². The van der Waals surface area contributed by atoms with Gasteiger partial charge in [-0.1, -0.05) is 76.3 Å². The predicted molar refractivity (Wildman–Crippen MR) is 306 cm³/mol. The summed E-state index contributed by atoms with van der Waals surface area (Å²) in [5.41, 5.74) is 3.54. The Bertz CT molecular complexity index is 3230. The predicted octanol–water partition coefficient (Wildman–Crippen LogP) is 8.20. The molecule has 0 aliphatic carbocycles. The molecule has 2 unspecified atom stereocenters. The number of carbonyl (C=O) groups is 3. The van der Waals surface area contributed by atoms with Crippen LogP contribution >= 0.6 is 0 Å². The molecule has 10 rings (SSSR count). The lowest BCUT2D eigenvalue weighted by atomic mass is 9.85. The van der Waals surface area contributed by atoms with Gasteiger partial charge >= 0.3 is 6.01 Å². The number of allylic oxidation sites excluding steroid dienone is 2. The third-order valence-electron chi connectivity index (χ3n) is 16.8. The van der Waals surface area contributed by atoms with E-state index in [9.17, 15) is 24.6 Å². The molecular weight excluding hydrogens is 1020 g/mol. The van der Waals surface area contributed by atoms with E-state index in [0.29, 0.717) is 55.0 Å². The second-order valence-corrected chi connectivity index (χ2v) is 23.6. The molecule has 5 aromatic rings. The fourth-order valence-electron chi connectivity index (χ4n) is 12.4. The number of aliphatic imine (C=N–C) groups is 1. The molecule has 0 spiro atoms. The van der Waals surface area contributed by atoms with Crippen molar-refractivity contribution < 1.29 is 38.1 Å². The lowest BCUT2D eigenvalue weighted by Crippen LogP contribution is -2.57. The fraction of sp³-hybridized carbons (Fsp3) is 0.500. The van der Waals surface area contributed by atoms with Crippen LogP contribution in [0.1, 0.15) is 121 Å². The Morgan fingerprint density at radius 1 is 0.963 bits per heavy atom. The smallest absolute Gasteiger partial charge is 0.319 e. The number of halogens is 2. The summed E-state index contributed by atoms with van der Waals surface area (Å²) >= 11 is 0. The number of benzene rings is 3. The molecule has 3 amide bonds. The molecule has 5 atom stereocenters. The van der Waals surface area contributed by atoms with Gasteiger partial charge in [-0.15, -0.1) is 6.42 Å². The summed E-state index contributed by atoms with van der Waals surface area (Å²) in [6, 6.07) is 12.4. The van der Waals surface area contributed by atoms with E-state index in [2.05, 4.69) is 46.6 Å². The van der Waals surface area contributed by atoms with Crippen LogP contribution in [0.3, 0.4) is 0 Å². The van der Waals surface area contributed by atoms with Crippen molar-refractivity contribution in [2.75, 3.05) is 50.8 Å². The molecule has 18 heteroatoms. The number of aromatic hydroxyl groups is 1. The highest BCUT2D eigenvalue weighted by atomic mass is 19.1. The molecular formula is C62H74F2N10O6. The van der Waals surface area contributed by atoms with Crippen LogP contribution in [-0.2, 0) is 20.9 Å². The average Bonchev–Trinajstić information content (AvgIpc) is 4.21. The highest BCUT2D eigenvalue weighted by Gasteiger charge is 2.44. The lowest BCUT2D eigenvalue weighted by molar-refractivity contribution is -0.144. The normalized spacial score (nSPS) is 20.9. The van der Waals surface area contributed by atoms with Gasteiger partial charge in [-0.2, -0.15) is 9.97 Å². The van der Waals surface area contributed by atoms with Crippen molar-refractivity contribution in [3.8, 4) is 35.4 Å². The number of aromatic nitrogens is 3. The molecule has 4 fully saturated rings. The van der Waals surface area contributed by atoms with E-state index >= 15 is 8.78 Å². The Morgan fingerprint density at radius 2 is 1.73 bits per heavy atom. The van der Waals surface area contributed by atoms with Crippen LogP contribution in [0.5, 0.6) is 11.8 Å². The number of piperidine rings is 1. The number of likely N-dealkylation sites (tertiary alicyclic amines) is 2. The standard InChI is InChI=1S/C62H74F2N10O6/c1-6-46-50(63)20-17-41-29-44(75)30-48(53(41)46)55-54(64)56-49(33-66-55)58(73-34-42-18-19-43(35-73)68-42)71-61(70-56)80-28-10-25-72-26-22-38(23-27-72)11-8-7-9-12-52(77)69-57(62(3,4)5)60(79)74-36-45(76)31-51(74)59(78)67-32-39-13-15-40(16-14-39)47-21-24-65-37(47)2/h1,13-17,20,24,29-30,33,38,42-43,45,51,57,68,75-76H,7-12,18-19,21-23,25-28,31-32,34-36H2,2-5H3,(H,67,78)(H,69,77)/t42?,43?,45-,51+,57-/m1/s1. The van der Waals surface area contributed by atoms with E-state index in [1.807, 2.05) is 58.2 Å². The number of amides is 3. The van der Waals surface area contributed by atoms with E-state index < -0.39 is 35.2 Å². The van der Waals surface area contributed by atoms with Crippen molar-refractivity contribution in [3.05, 3.63) is 88.7 Å². The summed E-state index contributed by atoms with van der Waals surface area (Å²) in [5, 5.41) is 32.1. The SMILES string of the molecule is C#Cc1c(F)ccc2cc(O)cc(-c3ncc4c(N5CC6CCC(C5)N6)nc(OCCCN5CCC(CCCCCC(=O)N[C@H](C(=O)N6C[C@H](O)C[C@H]6C(=O)NCc6ccc(C7=C(C)N=CC7)cc6)C(C)(C)C)CC5)nc4c3F)c12. The number of pyridine rings is 1. The van der Waals surface area contributed by atoms with Gasteiger partial charge in [0.05, 0.1) is 23.7 Å². The molecule has 3 aromatic carbocycles. The quantitative estimate of drug-likeness (QED) is 0.0393. The molecule has 5 N–H and O–H groups in total. The van der Waals surface area contributed by atoms with Crippen LogP contribution in [0.25, 0.3) is 38.5 Å². The first kappa shape index (κ1) is 56.2. The van der Waals surface area contributed by atoms with Gasteiger partial charge in [0, 0.05) is 93.1 Å². The number of phenols is 1. The topological polar surface area (TPSA) is 198 Å². The number of carbonyl (C=O) groups excluding carboxylic acids is 3. The minimum absolute atomic E-state index is 0.0115. The van der Waals surface area contributed by atoms with Crippen molar-refractivity contribution in [1.29, 1.82) is 0 Å². The van der Waals surface area contributed by atoms with Crippen molar-refractivity contribution in [2.24, 2.45) is 16.3 Å². The van der Waals surface area contributed by atoms with E-state index in [1.165, 1.54) is 40.9 Å². The van der Waals surface area contributed by atoms with E-state index in [-0.39, 0.29) is 95.2 Å². The van der Waals surface area contributed by atoms with Gasteiger partial charge in [0.15, 0.2) is 5.82 Å². The second-order valence-electron chi connectivity index (χ2n) is 23.6. The number of terminal acetylenes is 1. The first-order valence-electron chi connectivity index (χ1n) is 28.5. The van der Waals surface area contributed by atoms with Crippen molar-refractivity contribution in [1.82, 2.24) is 40.7 Å². The highest BCUT2D eigenvalue weighted by molar-refractivity contribution is 6.03. The molecule has 0 radical (unpaired) electrons. The van der Waals surface area contributed by atoms with Gasteiger partial charge < -0.3 is 45.6 Å². The maximum atomic E-state index is 17.0. The molecule has 422 valence electrons. The van der Waals surface area contributed by atoms with Crippen LogP contribution in [0.15, 0.2) is 65.4 Å².